The van der Waals surface area contributed by atoms with Crippen LogP contribution < -0.4 is 4.74 Å². The normalized spacial score (nSPS) is 10.4. The van der Waals surface area contributed by atoms with Gasteiger partial charge in [0.05, 0.1) is 4.47 Å². The number of halogens is 4. The van der Waals surface area contributed by atoms with Crippen LogP contribution in [0.3, 0.4) is 0 Å². The van der Waals surface area contributed by atoms with E-state index in [0.717, 1.165) is 15.7 Å². The Labute approximate surface area is 119 Å². The fourth-order valence-electron chi connectivity index (χ4n) is 1.23. The van der Waals surface area contributed by atoms with Crippen molar-refractivity contribution in [2.24, 2.45) is 0 Å². The first kappa shape index (κ1) is 12.8. The number of rotatable bonds is 2. The molecule has 0 radical (unpaired) electrons. The second-order valence-electron chi connectivity index (χ2n) is 3.25. The highest BCUT2D eigenvalue weighted by atomic mass is 127. The van der Waals surface area contributed by atoms with Gasteiger partial charge < -0.3 is 4.74 Å². The van der Waals surface area contributed by atoms with Crippen LogP contribution in [-0.2, 0) is 0 Å². The lowest BCUT2D eigenvalue weighted by atomic mass is 10.3. The summed E-state index contributed by atoms with van der Waals surface area (Å²) in [5.41, 5.74) is 0. The van der Waals surface area contributed by atoms with E-state index in [2.05, 4.69) is 38.5 Å². The van der Waals surface area contributed by atoms with Crippen LogP contribution >= 0.6 is 38.5 Å². The first-order chi connectivity index (χ1) is 8.06. The first-order valence-corrected chi connectivity index (χ1v) is 6.51. The molecule has 0 aliphatic heterocycles. The molecule has 2 aromatic carbocycles. The van der Waals surface area contributed by atoms with Gasteiger partial charge in [0.2, 0.25) is 0 Å². The Kier molecular flexibility index (Phi) is 3.98. The highest BCUT2D eigenvalue weighted by molar-refractivity contribution is 14.1. The summed E-state index contributed by atoms with van der Waals surface area (Å²) in [5, 5.41) is 0. The Morgan fingerprint density at radius 2 is 1.71 bits per heavy atom. The summed E-state index contributed by atoms with van der Waals surface area (Å²) in [6.45, 7) is 0. The lowest BCUT2D eigenvalue weighted by molar-refractivity contribution is 0.435. The zero-order valence-electron chi connectivity index (χ0n) is 8.38. The standard InChI is InChI=1S/C12H6BrF2IO/c13-9-6-8(16)2-4-11(9)17-12-3-1-7(14)5-10(12)15/h1-6H. The molecule has 0 bridgehead atoms. The van der Waals surface area contributed by atoms with Gasteiger partial charge in [-0.1, -0.05) is 0 Å². The molecule has 0 spiro atoms. The van der Waals surface area contributed by atoms with Gasteiger partial charge in [-0.3, -0.25) is 0 Å². The van der Waals surface area contributed by atoms with Crippen LogP contribution in [0.4, 0.5) is 8.78 Å². The van der Waals surface area contributed by atoms with Gasteiger partial charge in [-0.25, -0.2) is 8.78 Å². The van der Waals surface area contributed by atoms with E-state index in [0.29, 0.717) is 10.2 Å². The maximum atomic E-state index is 13.4. The average Bonchev–Trinajstić information content (AvgIpc) is 2.25. The molecule has 0 atom stereocenters. The van der Waals surface area contributed by atoms with Crippen molar-refractivity contribution in [1.82, 2.24) is 0 Å². The maximum Gasteiger partial charge on any atom is 0.168 e. The van der Waals surface area contributed by atoms with Gasteiger partial charge in [0.15, 0.2) is 11.6 Å². The average molecular weight is 411 g/mol. The molecule has 0 saturated heterocycles. The quantitative estimate of drug-likeness (QED) is 0.624. The summed E-state index contributed by atoms with van der Waals surface area (Å²) in [5.74, 6) is -0.879. The molecule has 0 aromatic heterocycles. The third-order valence-electron chi connectivity index (χ3n) is 2.01. The molecule has 5 heteroatoms. The zero-order valence-corrected chi connectivity index (χ0v) is 12.1. The van der Waals surface area contributed by atoms with Crippen LogP contribution in [0.5, 0.6) is 11.5 Å². The van der Waals surface area contributed by atoms with Crippen molar-refractivity contribution in [3.05, 3.63) is 56.1 Å². The van der Waals surface area contributed by atoms with E-state index in [9.17, 15) is 8.78 Å². The minimum atomic E-state index is -0.726. The smallest absolute Gasteiger partial charge is 0.168 e. The Morgan fingerprint density at radius 1 is 1.00 bits per heavy atom. The fraction of sp³-hybridized carbons (Fsp3) is 0. The third-order valence-corrected chi connectivity index (χ3v) is 3.30. The second-order valence-corrected chi connectivity index (χ2v) is 5.35. The van der Waals surface area contributed by atoms with Crippen molar-refractivity contribution < 1.29 is 13.5 Å². The van der Waals surface area contributed by atoms with Gasteiger partial charge in [0, 0.05) is 9.64 Å². The van der Waals surface area contributed by atoms with Crippen molar-refractivity contribution in [2.75, 3.05) is 0 Å². The van der Waals surface area contributed by atoms with Crippen LogP contribution in [0.2, 0.25) is 0 Å². The Bertz CT molecular complexity index is 511. The van der Waals surface area contributed by atoms with Gasteiger partial charge in [-0.15, -0.1) is 0 Å². The Balaban J connectivity index is 2.31. The molecule has 0 amide bonds. The Morgan fingerprint density at radius 3 is 2.35 bits per heavy atom. The third kappa shape index (κ3) is 3.16. The molecule has 2 rings (SSSR count). The van der Waals surface area contributed by atoms with E-state index in [1.165, 1.54) is 6.07 Å². The van der Waals surface area contributed by atoms with Crippen LogP contribution in [0, 0.1) is 15.2 Å². The van der Waals surface area contributed by atoms with Crippen molar-refractivity contribution in [1.29, 1.82) is 0 Å². The molecule has 0 aliphatic rings. The molecule has 2 aromatic rings. The molecular formula is C12H6BrF2IO. The van der Waals surface area contributed by atoms with Gasteiger partial charge in [-0.05, 0) is 68.9 Å². The van der Waals surface area contributed by atoms with Crippen molar-refractivity contribution >= 4 is 38.5 Å². The summed E-state index contributed by atoms with van der Waals surface area (Å²) >= 11 is 5.47. The number of hydrogen-bond acceptors (Lipinski definition) is 1. The molecule has 0 unspecified atom stereocenters. The molecule has 0 N–H and O–H groups in total. The lowest BCUT2D eigenvalue weighted by Gasteiger charge is -2.08. The van der Waals surface area contributed by atoms with Crippen molar-refractivity contribution in [3.8, 4) is 11.5 Å². The van der Waals surface area contributed by atoms with E-state index >= 15 is 0 Å². The summed E-state index contributed by atoms with van der Waals surface area (Å²) in [6.07, 6.45) is 0. The van der Waals surface area contributed by atoms with E-state index in [-0.39, 0.29) is 5.75 Å². The highest BCUT2D eigenvalue weighted by Gasteiger charge is 2.08. The van der Waals surface area contributed by atoms with E-state index in [1.807, 2.05) is 12.1 Å². The van der Waals surface area contributed by atoms with Gasteiger partial charge >= 0.3 is 0 Å². The zero-order chi connectivity index (χ0) is 12.4. The molecule has 17 heavy (non-hydrogen) atoms. The van der Waals surface area contributed by atoms with Crippen LogP contribution in [0.25, 0.3) is 0 Å². The van der Waals surface area contributed by atoms with E-state index in [4.69, 9.17) is 4.74 Å². The lowest BCUT2D eigenvalue weighted by Crippen LogP contribution is -1.90. The largest absolute Gasteiger partial charge is 0.453 e. The SMILES string of the molecule is Fc1ccc(Oc2ccc(I)cc2Br)c(F)c1. The highest BCUT2D eigenvalue weighted by Crippen LogP contribution is 2.32. The fourth-order valence-corrected chi connectivity index (χ4v) is 2.61. The van der Waals surface area contributed by atoms with E-state index < -0.39 is 11.6 Å². The minimum Gasteiger partial charge on any atom is -0.453 e. The van der Waals surface area contributed by atoms with Gasteiger partial charge in [0.25, 0.3) is 0 Å². The van der Waals surface area contributed by atoms with Crippen LogP contribution in [0.15, 0.2) is 40.9 Å². The maximum absolute atomic E-state index is 13.4. The number of ether oxygens (including phenoxy) is 1. The van der Waals surface area contributed by atoms with Crippen LogP contribution in [-0.4, -0.2) is 0 Å². The second kappa shape index (κ2) is 5.30. The monoisotopic (exact) mass is 410 g/mol. The summed E-state index contributed by atoms with van der Waals surface area (Å²) in [7, 11) is 0. The first-order valence-electron chi connectivity index (χ1n) is 4.64. The Hall–Kier alpha value is -0.690. The summed E-state index contributed by atoms with van der Waals surface area (Å²) in [4.78, 5) is 0. The predicted octanol–water partition coefficient (Wildman–Crippen LogP) is 5.12. The minimum absolute atomic E-state index is 0.00620. The van der Waals surface area contributed by atoms with Crippen molar-refractivity contribution in [3.63, 3.8) is 0 Å². The molecule has 0 aliphatic carbocycles. The van der Waals surface area contributed by atoms with Crippen LogP contribution in [0.1, 0.15) is 0 Å². The molecular weight excluding hydrogens is 405 g/mol. The topological polar surface area (TPSA) is 9.23 Å². The molecule has 0 saturated carbocycles. The number of hydrogen-bond donors (Lipinski definition) is 0. The van der Waals surface area contributed by atoms with Gasteiger partial charge in [0.1, 0.15) is 11.6 Å². The summed E-state index contributed by atoms with van der Waals surface area (Å²) < 4.78 is 33.2. The molecule has 88 valence electrons. The summed E-state index contributed by atoms with van der Waals surface area (Å²) in [6, 6.07) is 8.60. The predicted molar refractivity (Wildman–Crippen MR) is 73.3 cm³/mol. The molecule has 0 heterocycles. The molecule has 1 nitrogen and oxygen atoms in total. The molecule has 0 fully saturated rings. The number of benzene rings is 2. The van der Waals surface area contributed by atoms with Crippen molar-refractivity contribution in [2.45, 2.75) is 0 Å². The van der Waals surface area contributed by atoms with Gasteiger partial charge in [-0.2, -0.15) is 0 Å². The van der Waals surface area contributed by atoms with E-state index in [1.54, 1.807) is 6.07 Å².